The smallest absolute Gasteiger partial charge is 0.193 e. The van der Waals surface area contributed by atoms with Crippen LogP contribution in [-0.4, -0.2) is 25.2 Å². The van der Waals surface area contributed by atoms with Gasteiger partial charge in [-0.15, -0.1) is 0 Å². The number of hydrogen-bond acceptors (Lipinski definition) is 2. The van der Waals surface area contributed by atoms with E-state index in [0.717, 1.165) is 31.7 Å². The molecule has 21 heavy (non-hydrogen) atoms. The Bertz CT molecular complexity index is 479. The predicted octanol–water partition coefficient (Wildman–Crippen LogP) is 3.38. The van der Waals surface area contributed by atoms with Gasteiger partial charge in [-0.2, -0.15) is 0 Å². The van der Waals surface area contributed by atoms with Gasteiger partial charge in [0.25, 0.3) is 0 Å². The molecule has 0 amide bonds. The summed E-state index contributed by atoms with van der Waals surface area (Å²) in [5.41, 5.74) is 9.45. The molecule has 1 aromatic rings. The van der Waals surface area contributed by atoms with Crippen molar-refractivity contribution in [3.05, 3.63) is 29.3 Å². The van der Waals surface area contributed by atoms with Crippen molar-refractivity contribution in [2.24, 2.45) is 10.7 Å². The maximum absolute atomic E-state index is 5.92. The van der Waals surface area contributed by atoms with Crippen LogP contribution in [-0.2, 0) is 4.74 Å². The molecule has 0 radical (unpaired) electrons. The minimum atomic E-state index is 0.433. The van der Waals surface area contributed by atoms with Gasteiger partial charge in [0, 0.05) is 18.8 Å². The van der Waals surface area contributed by atoms with Crippen LogP contribution in [0.1, 0.15) is 43.2 Å². The third-order valence-corrected chi connectivity index (χ3v) is 4.02. The predicted molar refractivity (Wildman–Crippen MR) is 88.9 cm³/mol. The Balaban J connectivity index is 1.71. The summed E-state index contributed by atoms with van der Waals surface area (Å²) in [6.45, 7) is 5.87. The van der Waals surface area contributed by atoms with Crippen molar-refractivity contribution in [3.8, 4) is 0 Å². The first-order valence-electron chi connectivity index (χ1n) is 7.91. The Hall–Kier alpha value is -1.55. The van der Waals surface area contributed by atoms with Crippen LogP contribution in [0.4, 0.5) is 5.69 Å². The van der Waals surface area contributed by atoms with Crippen LogP contribution in [0.15, 0.2) is 23.2 Å². The summed E-state index contributed by atoms with van der Waals surface area (Å²) in [6.07, 6.45) is 6.25. The zero-order chi connectivity index (χ0) is 15.1. The molecule has 0 aromatic heterocycles. The van der Waals surface area contributed by atoms with E-state index in [0.29, 0.717) is 12.1 Å². The zero-order valence-corrected chi connectivity index (χ0v) is 13.2. The number of guanidine groups is 1. The van der Waals surface area contributed by atoms with Gasteiger partial charge in [0.05, 0.1) is 6.10 Å². The van der Waals surface area contributed by atoms with Crippen LogP contribution in [0.2, 0.25) is 0 Å². The maximum atomic E-state index is 5.92. The number of hydrogen-bond donors (Lipinski definition) is 2. The van der Waals surface area contributed by atoms with Crippen molar-refractivity contribution in [2.45, 2.75) is 52.1 Å². The van der Waals surface area contributed by atoms with Crippen molar-refractivity contribution >= 4 is 11.6 Å². The molecular weight excluding hydrogens is 262 g/mol. The van der Waals surface area contributed by atoms with E-state index < -0.39 is 0 Å². The van der Waals surface area contributed by atoms with Gasteiger partial charge in [0.1, 0.15) is 0 Å². The molecule has 0 spiro atoms. The van der Waals surface area contributed by atoms with Crippen molar-refractivity contribution in [1.82, 2.24) is 0 Å². The fourth-order valence-electron chi connectivity index (χ4n) is 2.56. The van der Waals surface area contributed by atoms with E-state index in [1.165, 1.54) is 30.4 Å². The molecule has 3 N–H and O–H groups in total. The minimum Gasteiger partial charge on any atom is -0.378 e. The Morgan fingerprint density at radius 2 is 2.19 bits per heavy atom. The molecule has 1 aliphatic rings. The van der Waals surface area contributed by atoms with Crippen molar-refractivity contribution in [2.75, 3.05) is 18.5 Å². The molecule has 1 saturated heterocycles. The van der Waals surface area contributed by atoms with E-state index in [-0.39, 0.29) is 0 Å². The van der Waals surface area contributed by atoms with Gasteiger partial charge in [-0.25, -0.2) is 0 Å². The first kappa shape index (κ1) is 15.8. The average Bonchev–Trinajstić information content (AvgIpc) is 2.49. The number of nitrogens with one attached hydrogen (secondary N) is 1. The number of aliphatic imine (C=N–C) groups is 1. The second-order valence-electron chi connectivity index (χ2n) is 5.82. The molecule has 116 valence electrons. The summed E-state index contributed by atoms with van der Waals surface area (Å²) in [4.78, 5) is 4.38. The SMILES string of the molecule is Cc1ccc(NC(N)=NCCCC2CCCCO2)cc1C. The van der Waals surface area contributed by atoms with E-state index in [2.05, 4.69) is 36.3 Å². The quantitative estimate of drug-likeness (QED) is 0.496. The zero-order valence-electron chi connectivity index (χ0n) is 13.2. The highest BCUT2D eigenvalue weighted by Gasteiger charge is 2.12. The average molecular weight is 289 g/mol. The van der Waals surface area contributed by atoms with Gasteiger partial charge >= 0.3 is 0 Å². The molecular formula is C17H27N3O. The lowest BCUT2D eigenvalue weighted by atomic mass is 10.1. The topological polar surface area (TPSA) is 59.6 Å². The summed E-state index contributed by atoms with van der Waals surface area (Å²) in [5, 5.41) is 3.14. The summed E-state index contributed by atoms with van der Waals surface area (Å²) in [6, 6.07) is 6.21. The van der Waals surface area contributed by atoms with Crippen LogP contribution in [0.3, 0.4) is 0 Å². The van der Waals surface area contributed by atoms with E-state index in [1.807, 2.05) is 6.07 Å². The molecule has 0 aliphatic carbocycles. The third kappa shape index (κ3) is 5.38. The normalized spacial score (nSPS) is 19.5. The van der Waals surface area contributed by atoms with E-state index in [1.54, 1.807) is 0 Å². The lowest BCUT2D eigenvalue weighted by Crippen LogP contribution is -2.23. The van der Waals surface area contributed by atoms with E-state index >= 15 is 0 Å². The standard InChI is InChI=1S/C17H27N3O/c1-13-8-9-15(12-14(13)2)20-17(18)19-10-5-7-16-6-3-4-11-21-16/h8-9,12,16H,3-7,10-11H2,1-2H3,(H3,18,19,20). The third-order valence-electron chi connectivity index (χ3n) is 4.02. The number of nitrogens with zero attached hydrogens (tertiary/aromatic N) is 1. The van der Waals surface area contributed by atoms with Crippen LogP contribution in [0, 0.1) is 13.8 Å². The van der Waals surface area contributed by atoms with Crippen LogP contribution in [0.25, 0.3) is 0 Å². The molecule has 0 bridgehead atoms. The highest BCUT2D eigenvalue weighted by Crippen LogP contribution is 2.17. The maximum Gasteiger partial charge on any atom is 0.193 e. The van der Waals surface area contributed by atoms with Gasteiger partial charge in [0.2, 0.25) is 0 Å². The summed E-state index contributed by atoms with van der Waals surface area (Å²) >= 11 is 0. The van der Waals surface area contributed by atoms with Crippen LogP contribution < -0.4 is 11.1 Å². The summed E-state index contributed by atoms with van der Waals surface area (Å²) in [7, 11) is 0. The lowest BCUT2D eigenvalue weighted by molar-refractivity contribution is 0.0105. The number of ether oxygens (including phenoxy) is 1. The molecule has 1 fully saturated rings. The summed E-state index contributed by atoms with van der Waals surface area (Å²) < 4.78 is 5.71. The monoisotopic (exact) mass is 289 g/mol. The molecule has 1 heterocycles. The number of anilines is 1. The Morgan fingerprint density at radius 3 is 2.90 bits per heavy atom. The second kappa shape index (κ2) is 8.03. The highest BCUT2D eigenvalue weighted by atomic mass is 16.5. The first-order valence-corrected chi connectivity index (χ1v) is 7.91. The van der Waals surface area contributed by atoms with Gasteiger partial charge in [-0.1, -0.05) is 6.07 Å². The fourth-order valence-corrected chi connectivity index (χ4v) is 2.56. The van der Waals surface area contributed by atoms with Gasteiger partial charge < -0.3 is 15.8 Å². The molecule has 0 saturated carbocycles. The van der Waals surface area contributed by atoms with Crippen LogP contribution >= 0.6 is 0 Å². The fraction of sp³-hybridized carbons (Fsp3) is 0.588. The molecule has 4 nitrogen and oxygen atoms in total. The van der Waals surface area contributed by atoms with Crippen molar-refractivity contribution < 1.29 is 4.74 Å². The molecule has 2 rings (SSSR count). The van der Waals surface area contributed by atoms with E-state index in [4.69, 9.17) is 10.5 Å². The van der Waals surface area contributed by atoms with Crippen LogP contribution in [0.5, 0.6) is 0 Å². The Kier molecular flexibility index (Phi) is 6.05. The molecule has 1 aliphatic heterocycles. The Morgan fingerprint density at radius 1 is 1.33 bits per heavy atom. The summed E-state index contributed by atoms with van der Waals surface area (Å²) in [5.74, 6) is 0.489. The first-order chi connectivity index (χ1) is 10.1. The number of benzene rings is 1. The number of nitrogens with two attached hydrogens (primary N) is 1. The number of rotatable bonds is 5. The Labute approximate surface area is 127 Å². The highest BCUT2D eigenvalue weighted by molar-refractivity contribution is 5.92. The van der Waals surface area contributed by atoms with Crippen molar-refractivity contribution in [1.29, 1.82) is 0 Å². The largest absolute Gasteiger partial charge is 0.378 e. The van der Waals surface area contributed by atoms with Gasteiger partial charge in [0.15, 0.2) is 5.96 Å². The van der Waals surface area contributed by atoms with Gasteiger partial charge in [-0.3, -0.25) is 4.99 Å². The minimum absolute atomic E-state index is 0.433. The molecule has 1 aromatic carbocycles. The lowest BCUT2D eigenvalue weighted by Gasteiger charge is -2.22. The van der Waals surface area contributed by atoms with Crippen molar-refractivity contribution in [3.63, 3.8) is 0 Å². The van der Waals surface area contributed by atoms with E-state index in [9.17, 15) is 0 Å². The molecule has 1 atom stereocenters. The molecule has 1 unspecified atom stereocenters. The number of aryl methyl sites for hydroxylation is 2. The molecule has 4 heteroatoms. The van der Waals surface area contributed by atoms with Gasteiger partial charge in [-0.05, 0) is 69.2 Å². The second-order valence-corrected chi connectivity index (χ2v) is 5.82.